The molecule has 1 aliphatic heterocycles. The van der Waals surface area contributed by atoms with Crippen molar-refractivity contribution in [1.82, 2.24) is 15.5 Å². The SMILES string of the molecule is CCNC(=NCC(C)(O)c1ccc(C)o1)NCC1(CN2CCOCC2)CCCCC1.I. The highest BCUT2D eigenvalue weighted by Crippen LogP contribution is 2.36. The van der Waals surface area contributed by atoms with Crippen LogP contribution in [0.3, 0.4) is 0 Å². The van der Waals surface area contributed by atoms with Gasteiger partial charge in [-0.1, -0.05) is 19.3 Å². The van der Waals surface area contributed by atoms with Gasteiger partial charge < -0.3 is 24.9 Å². The zero-order valence-corrected chi connectivity index (χ0v) is 21.7. The maximum Gasteiger partial charge on any atom is 0.191 e. The summed E-state index contributed by atoms with van der Waals surface area (Å²) in [5.41, 5.74) is -0.862. The fourth-order valence-corrected chi connectivity index (χ4v) is 4.57. The third-order valence-electron chi connectivity index (χ3n) is 6.37. The van der Waals surface area contributed by atoms with Gasteiger partial charge in [0.1, 0.15) is 17.1 Å². The van der Waals surface area contributed by atoms with Gasteiger partial charge in [-0.2, -0.15) is 0 Å². The molecule has 1 unspecified atom stereocenters. The predicted octanol–water partition coefficient (Wildman–Crippen LogP) is 3.25. The van der Waals surface area contributed by atoms with Crippen LogP contribution in [0.25, 0.3) is 0 Å². The molecule has 2 heterocycles. The average Bonchev–Trinajstić information content (AvgIpc) is 3.19. The van der Waals surface area contributed by atoms with Crippen molar-refractivity contribution in [2.45, 2.75) is 58.5 Å². The van der Waals surface area contributed by atoms with E-state index in [1.807, 2.05) is 19.1 Å². The Morgan fingerprint density at radius 1 is 1.19 bits per heavy atom. The Bertz CT molecular complexity index is 680. The average molecular weight is 549 g/mol. The molecular weight excluding hydrogens is 507 g/mol. The molecule has 8 heteroatoms. The minimum Gasteiger partial charge on any atom is -0.463 e. The number of hydrogen-bond acceptors (Lipinski definition) is 5. The number of guanidine groups is 1. The molecule has 1 saturated carbocycles. The zero-order valence-electron chi connectivity index (χ0n) is 19.4. The lowest BCUT2D eigenvalue weighted by molar-refractivity contribution is 0.00818. The first kappa shape index (κ1) is 26.4. The van der Waals surface area contributed by atoms with E-state index >= 15 is 0 Å². The summed E-state index contributed by atoms with van der Waals surface area (Å²) in [6.45, 7) is 12.5. The van der Waals surface area contributed by atoms with E-state index in [-0.39, 0.29) is 35.9 Å². The molecule has 31 heavy (non-hydrogen) atoms. The lowest BCUT2D eigenvalue weighted by Crippen LogP contribution is -2.51. The van der Waals surface area contributed by atoms with Crippen molar-refractivity contribution in [3.8, 4) is 0 Å². The van der Waals surface area contributed by atoms with Gasteiger partial charge in [0.2, 0.25) is 0 Å². The van der Waals surface area contributed by atoms with Gasteiger partial charge in [0.05, 0.1) is 19.8 Å². The summed E-state index contributed by atoms with van der Waals surface area (Å²) in [6.07, 6.45) is 6.43. The number of ether oxygens (including phenoxy) is 1. The van der Waals surface area contributed by atoms with Crippen molar-refractivity contribution in [3.63, 3.8) is 0 Å². The van der Waals surface area contributed by atoms with Gasteiger partial charge >= 0.3 is 0 Å². The van der Waals surface area contributed by atoms with Gasteiger partial charge in [-0.05, 0) is 45.7 Å². The van der Waals surface area contributed by atoms with Crippen molar-refractivity contribution in [2.24, 2.45) is 10.4 Å². The molecule has 0 amide bonds. The number of nitrogens with one attached hydrogen (secondary N) is 2. The minimum absolute atomic E-state index is 0. The minimum atomic E-state index is -1.13. The summed E-state index contributed by atoms with van der Waals surface area (Å²) in [5.74, 6) is 2.10. The van der Waals surface area contributed by atoms with Crippen LogP contribution in [0.5, 0.6) is 0 Å². The van der Waals surface area contributed by atoms with Gasteiger partial charge in [-0.3, -0.25) is 4.90 Å². The van der Waals surface area contributed by atoms with E-state index in [9.17, 15) is 5.11 Å². The van der Waals surface area contributed by atoms with E-state index in [0.717, 1.165) is 57.7 Å². The Kier molecular flexibility index (Phi) is 10.6. The van der Waals surface area contributed by atoms with Crippen LogP contribution < -0.4 is 10.6 Å². The van der Waals surface area contributed by atoms with Gasteiger partial charge in [-0.25, -0.2) is 4.99 Å². The molecule has 1 aromatic heterocycles. The lowest BCUT2D eigenvalue weighted by atomic mass is 9.73. The number of aliphatic imine (C=N–C) groups is 1. The topological polar surface area (TPSA) is 82.3 Å². The second-order valence-electron chi connectivity index (χ2n) is 9.18. The normalized spacial score (nSPS) is 21.7. The van der Waals surface area contributed by atoms with E-state index < -0.39 is 5.60 Å². The Labute approximate surface area is 204 Å². The van der Waals surface area contributed by atoms with Crippen molar-refractivity contribution >= 4 is 29.9 Å². The first-order valence-electron chi connectivity index (χ1n) is 11.5. The number of nitrogens with zero attached hydrogens (tertiary/aromatic N) is 2. The number of morpholine rings is 1. The smallest absolute Gasteiger partial charge is 0.191 e. The molecule has 0 bridgehead atoms. The van der Waals surface area contributed by atoms with Crippen LogP contribution in [0.4, 0.5) is 0 Å². The summed E-state index contributed by atoms with van der Waals surface area (Å²) >= 11 is 0. The monoisotopic (exact) mass is 548 g/mol. The Morgan fingerprint density at radius 3 is 2.52 bits per heavy atom. The van der Waals surface area contributed by atoms with Gasteiger partial charge in [0.15, 0.2) is 5.96 Å². The quantitative estimate of drug-likeness (QED) is 0.263. The molecular formula is C23H41IN4O3. The molecule has 1 aromatic rings. The Balaban J connectivity index is 0.00000341. The summed E-state index contributed by atoms with van der Waals surface area (Å²) in [6, 6.07) is 3.69. The number of aliphatic hydroxyl groups is 1. The number of furan rings is 1. The first-order valence-corrected chi connectivity index (χ1v) is 11.5. The highest BCUT2D eigenvalue weighted by molar-refractivity contribution is 14.0. The third kappa shape index (κ3) is 7.91. The third-order valence-corrected chi connectivity index (χ3v) is 6.37. The van der Waals surface area contributed by atoms with Crippen LogP contribution in [0, 0.1) is 12.3 Å². The van der Waals surface area contributed by atoms with E-state index in [2.05, 4.69) is 27.4 Å². The highest BCUT2D eigenvalue weighted by atomic mass is 127. The van der Waals surface area contributed by atoms with E-state index in [0.29, 0.717) is 5.76 Å². The second kappa shape index (κ2) is 12.4. The molecule has 178 valence electrons. The first-order chi connectivity index (χ1) is 14.4. The van der Waals surface area contributed by atoms with Gasteiger partial charge in [-0.15, -0.1) is 24.0 Å². The van der Waals surface area contributed by atoms with Crippen LogP contribution in [0.15, 0.2) is 21.5 Å². The zero-order chi connectivity index (χ0) is 21.5. The molecule has 0 spiro atoms. The number of aryl methyl sites for hydroxylation is 1. The highest BCUT2D eigenvalue weighted by Gasteiger charge is 2.34. The number of rotatable bonds is 8. The molecule has 1 aliphatic carbocycles. The van der Waals surface area contributed by atoms with Crippen LogP contribution >= 0.6 is 24.0 Å². The summed E-state index contributed by atoms with van der Waals surface area (Å²) in [4.78, 5) is 7.24. The van der Waals surface area contributed by atoms with E-state index in [4.69, 9.17) is 9.15 Å². The van der Waals surface area contributed by atoms with E-state index in [1.165, 1.54) is 32.1 Å². The molecule has 3 rings (SSSR count). The maximum absolute atomic E-state index is 10.8. The molecule has 7 nitrogen and oxygen atoms in total. The maximum atomic E-state index is 10.8. The molecule has 2 fully saturated rings. The van der Waals surface area contributed by atoms with Crippen molar-refractivity contribution in [2.75, 3.05) is 52.5 Å². The van der Waals surface area contributed by atoms with Crippen LogP contribution in [-0.2, 0) is 10.3 Å². The van der Waals surface area contributed by atoms with E-state index in [1.54, 1.807) is 6.92 Å². The standard InChI is InChI=1S/C23H40N4O3.HI/c1-4-24-21(25-16-22(3,28)20-9-8-19(2)30-20)26-17-23(10-6-5-7-11-23)18-27-12-14-29-15-13-27;/h8-9,28H,4-7,10-18H2,1-3H3,(H2,24,25,26);1H. The molecule has 1 atom stereocenters. The van der Waals surface area contributed by atoms with Crippen LogP contribution in [0.2, 0.25) is 0 Å². The lowest BCUT2D eigenvalue weighted by Gasteiger charge is -2.42. The fraction of sp³-hybridized carbons (Fsp3) is 0.783. The van der Waals surface area contributed by atoms with Gasteiger partial charge in [0.25, 0.3) is 0 Å². The second-order valence-corrected chi connectivity index (χ2v) is 9.18. The molecule has 0 aromatic carbocycles. The van der Waals surface area contributed by atoms with Crippen LogP contribution in [-0.4, -0.2) is 68.4 Å². The predicted molar refractivity (Wildman–Crippen MR) is 135 cm³/mol. The summed E-state index contributed by atoms with van der Waals surface area (Å²) in [5, 5.41) is 17.8. The van der Waals surface area contributed by atoms with Crippen molar-refractivity contribution in [1.29, 1.82) is 0 Å². The largest absolute Gasteiger partial charge is 0.463 e. The molecule has 3 N–H and O–H groups in total. The Morgan fingerprint density at radius 2 is 1.90 bits per heavy atom. The van der Waals surface area contributed by atoms with Crippen molar-refractivity contribution in [3.05, 3.63) is 23.7 Å². The van der Waals surface area contributed by atoms with Crippen molar-refractivity contribution < 1.29 is 14.3 Å². The van der Waals surface area contributed by atoms with Crippen LogP contribution in [0.1, 0.15) is 57.5 Å². The number of halogens is 1. The number of hydrogen-bond donors (Lipinski definition) is 3. The van der Waals surface area contributed by atoms with Gasteiger partial charge in [0, 0.05) is 38.1 Å². The Hall–Kier alpha value is -0.840. The molecule has 1 saturated heterocycles. The molecule has 2 aliphatic rings. The summed E-state index contributed by atoms with van der Waals surface area (Å²) in [7, 11) is 0. The summed E-state index contributed by atoms with van der Waals surface area (Å²) < 4.78 is 11.2. The molecule has 0 radical (unpaired) electrons. The fourth-order valence-electron chi connectivity index (χ4n) is 4.57.